The summed E-state index contributed by atoms with van der Waals surface area (Å²) in [7, 11) is 0. The largest absolute Gasteiger partial charge is 0.508 e. The van der Waals surface area contributed by atoms with Gasteiger partial charge in [-0.2, -0.15) is 0 Å². The monoisotopic (exact) mass is 513 g/mol. The van der Waals surface area contributed by atoms with E-state index >= 15 is 0 Å². The third-order valence-electron chi connectivity index (χ3n) is 5.51. The number of ether oxygens (including phenoxy) is 1. The molecule has 4 N–H and O–H groups in total. The molecule has 2 aromatic carbocycles. The molecule has 37 heavy (non-hydrogen) atoms. The molecule has 2 rings (SSSR count). The molecule has 0 saturated carbocycles. The predicted molar refractivity (Wildman–Crippen MR) is 142 cm³/mol. The number of carbonyl (C=O) groups excluding carboxylic acids is 3. The highest BCUT2D eigenvalue weighted by atomic mass is 16.6. The number of amides is 3. The lowest BCUT2D eigenvalue weighted by molar-refractivity contribution is -0.141. The Bertz CT molecular complexity index is 1080. The SMILES string of the molecule is Cc1ccccc1NC(=O)C(c1ccccc1O)N(CCO)C(=O)C(CC(C)C)NC(=O)OC(C)(C)C. The van der Waals surface area contributed by atoms with Crippen LogP contribution >= 0.6 is 0 Å². The normalized spacial score (nSPS) is 13.0. The Morgan fingerprint density at radius 3 is 2.22 bits per heavy atom. The summed E-state index contributed by atoms with van der Waals surface area (Å²) in [5.74, 6) is -1.31. The molecule has 0 radical (unpaired) electrons. The topological polar surface area (TPSA) is 128 Å². The number of phenolic OH excluding ortho intramolecular Hbond substituents is 1. The molecule has 0 fully saturated rings. The number of nitrogens with one attached hydrogen (secondary N) is 2. The lowest BCUT2D eigenvalue weighted by atomic mass is 9.98. The first kappa shape index (κ1) is 29.6. The number of nitrogens with zero attached hydrogens (tertiary/aromatic N) is 1. The zero-order chi connectivity index (χ0) is 27.8. The van der Waals surface area contributed by atoms with Gasteiger partial charge in [0.05, 0.1) is 6.61 Å². The van der Waals surface area contributed by atoms with Gasteiger partial charge in [-0.3, -0.25) is 9.59 Å². The Morgan fingerprint density at radius 1 is 1.03 bits per heavy atom. The summed E-state index contributed by atoms with van der Waals surface area (Å²) >= 11 is 0. The molecule has 0 heterocycles. The van der Waals surface area contributed by atoms with Crippen LogP contribution in [-0.2, 0) is 14.3 Å². The number of carbonyl (C=O) groups is 3. The highest BCUT2D eigenvalue weighted by molar-refractivity contribution is 5.99. The zero-order valence-electron chi connectivity index (χ0n) is 22.4. The van der Waals surface area contributed by atoms with Crippen LogP contribution in [0, 0.1) is 12.8 Å². The van der Waals surface area contributed by atoms with Crippen LogP contribution in [0.25, 0.3) is 0 Å². The Morgan fingerprint density at radius 2 is 1.65 bits per heavy atom. The van der Waals surface area contributed by atoms with Crippen molar-refractivity contribution >= 4 is 23.6 Å². The van der Waals surface area contributed by atoms with Crippen molar-refractivity contribution < 1.29 is 29.3 Å². The number of phenols is 1. The fraction of sp³-hybridized carbons (Fsp3) is 0.464. The van der Waals surface area contributed by atoms with E-state index in [2.05, 4.69) is 10.6 Å². The average molecular weight is 514 g/mol. The summed E-state index contributed by atoms with van der Waals surface area (Å²) in [6.45, 7) is 10.1. The summed E-state index contributed by atoms with van der Waals surface area (Å²) in [4.78, 5) is 41.3. The Labute approximate surface area is 218 Å². The van der Waals surface area contributed by atoms with E-state index in [0.717, 1.165) is 5.56 Å². The Balaban J connectivity index is 2.51. The van der Waals surface area contributed by atoms with Crippen LogP contribution in [0.3, 0.4) is 0 Å². The molecule has 0 aliphatic heterocycles. The Kier molecular flexibility index (Phi) is 10.5. The molecule has 0 aromatic heterocycles. The molecule has 0 saturated heterocycles. The smallest absolute Gasteiger partial charge is 0.408 e. The molecular formula is C28H39N3O6. The fourth-order valence-electron chi connectivity index (χ4n) is 3.90. The number of aliphatic hydroxyl groups excluding tert-OH is 1. The molecule has 0 aliphatic rings. The standard InChI is InChI=1S/C28H39N3O6/c1-18(2)17-22(30-27(36)37-28(4,5)6)26(35)31(15-16-32)24(20-12-8-10-14-23(20)33)25(34)29-21-13-9-7-11-19(21)3/h7-14,18,22,24,32-33H,15-17H2,1-6H3,(H,29,34)(H,30,36). The lowest BCUT2D eigenvalue weighted by Crippen LogP contribution is -2.53. The maximum Gasteiger partial charge on any atom is 0.408 e. The highest BCUT2D eigenvalue weighted by Crippen LogP contribution is 2.31. The number of alkyl carbamates (subject to hydrolysis) is 1. The van der Waals surface area contributed by atoms with Gasteiger partial charge in [0, 0.05) is 17.8 Å². The molecule has 0 spiro atoms. The quantitative estimate of drug-likeness (QED) is 0.378. The van der Waals surface area contributed by atoms with Crippen LogP contribution in [0.15, 0.2) is 48.5 Å². The van der Waals surface area contributed by atoms with Crippen molar-refractivity contribution in [3.05, 3.63) is 59.7 Å². The van der Waals surface area contributed by atoms with Gasteiger partial charge >= 0.3 is 6.09 Å². The third kappa shape index (κ3) is 8.78. The van der Waals surface area contributed by atoms with Crippen molar-refractivity contribution in [1.29, 1.82) is 0 Å². The molecule has 9 heteroatoms. The van der Waals surface area contributed by atoms with Crippen LogP contribution in [0.2, 0.25) is 0 Å². The second-order valence-corrected chi connectivity index (χ2v) is 10.3. The van der Waals surface area contributed by atoms with Crippen molar-refractivity contribution in [2.75, 3.05) is 18.5 Å². The van der Waals surface area contributed by atoms with Gasteiger partial charge in [0.1, 0.15) is 23.4 Å². The van der Waals surface area contributed by atoms with E-state index in [1.165, 1.54) is 11.0 Å². The Hall–Kier alpha value is -3.59. The lowest BCUT2D eigenvalue weighted by Gasteiger charge is -2.34. The summed E-state index contributed by atoms with van der Waals surface area (Å²) in [6, 6.07) is 11.1. The molecule has 2 atom stereocenters. The van der Waals surface area contributed by atoms with Gasteiger partial charge < -0.3 is 30.5 Å². The number of anilines is 1. The van der Waals surface area contributed by atoms with E-state index in [4.69, 9.17) is 4.74 Å². The second kappa shape index (κ2) is 13.1. The van der Waals surface area contributed by atoms with Crippen LogP contribution in [0.1, 0.15) is 58.2 Å². The highest BCUT2D eigenvalue weighted by Gasteiger charge is 2.37. The first-order chi connectivity index (χ1) is 17.3. The van der Waals surface area contributed by atoms with Crippen LogP contribution in [0.5, 0.6) is 5.75 Å². The van der Waals surface area contributed by atoms with Crippen LogP contribution in [0.4, 0.5) is 10.5 Å². The van der Waals surface area contributed by atoms with Crippen molar-refractivity contribution in [2.45, 2.75) is 65.6 Å². The van der Waals surface area contributed by atoms with Gasteiger partial charge in [-0.1, -0.05) is 50.2 Å². The predicted octanol–water partition coefficient (Wildman–Crippen LogP) is 4.14. The molecule has 2 unspecified atom stereocenters. The van der Waals surface area contributed by atoms with E-state index in [1.807, 2.05) is 32.9 Å². The van der Waals surface area contributed by atoms with E-state index in [0.29, 0.717) is 5.69 Å². The van der Waals surface area contributed by atoms with E-state index in [9.17, 15) is 24.6 Å². The molecular weight excluding hydrogens is 474 g/mol. The van der Waals surface area contributed by atoms with E-state index < -0.39 is 42.2 Å². The zero-order valence-corrected chi connectivity index (χ0v) is 22.4. The first-order valence-electron chi connectivity index (χ1n) is 12.4. The number of benzene rings is 2. The molecule has 2 aromatic rings. The number of rotatable bonds is 10. The number of aryl methyl sites for hydroxylation is 1. The van der Waals surface area contributed by atoms with Crippen molar-refractivity contribution in [2.24, 2.45) is 5.92 Å². The van der Waals surface area contributed by atoms with E-state index in [1.54, 1.807) is 51.1 Å². The molecule has 0 bridgehead atoms. The van der Waals surface area contributed by atoms with E-state index in [-0.39, 0.29) is 30.2 Å². The number of aliphatic hydroxyl groups is 1. The molecule has 0 aliphatic carbocycles. The number of hydrogen-bond acceptors (Lipinski definition) is 6. The van der Waals surface area contributed by atoms with Gasteiger partial charge in [-0.25, -0.2) is 4.79 Å². The number of aromatic hydroxyl groups is 1. The van der Waals surface area contributed by atoms with Gasteiger partial charge in [0.2, 0.25) is 5.91 Å². The fourth-order valence-corrected chi connectivity index (χ4v) is 3.90. The summed E-state index contributed by atoms with van der Waals surface area (Å²) in [6.07, 6.45) is -0.494. The summed E-state index contributed by atoms with van der Waals surface area (Å²) < 4.78 is 5.35. The van der Waals surface area contributed by atoms with Crippen LogP contribution in [-0.4, -0.2) is 57.8 Å². The minimum absolute atomic E-state index is 0.0178. The maximum atomic E-state index is 13.9. The minimum atomic E-state index is -1.28. The summed E-state index contributed by atoms with van der Waals surface area (Å²) in [5, 5.41) is 26.0. The average Bonchev–Trinajstić information content (AvgIpc) is 2.79. The van der Waals surface area contributed by atoms with Crippen LogP contribution < -0.4 is 10.6 Å². The van der Waals surface area contributed by atoms with Gasteiger partial charge in [0.15, 0.2) is 0 Å². The number of hydrogen-bond donors (Lipinski definition) is 4. The molecule has 202 valence electrons. The van der Waals surface area contributed by atoms with Crippen molar-refractivity contribution in [3.8, 4) is 5.75 Å². The van der Waals surface area contributed by atoms with Crippen molar-refractivity contribution in [1.82, 2.24) is 10.2 Å². The molecule has 3 amide bonds. The first-order valence-corrected chi connectivity index (χ1v) is 12.4. The number of para-hydroxylation sites is 2. The molecule has 9 nitrogen and oxygen atoms in total. The van der Waals surface area contributed by atoms with Gasteiger partial charge in [-0.15, -0.1) is 0 Å². The van der Waals surface area contributed by atoms with Crippen molar-refractivity contribution in [3.63, 3.8) is 0 Å². The minimum Gasteiger partial charge on any atom is -0.508 e. The second-order valence-electron chi connectivity index (χ2n) is 10.3. The maximum absolute atomic E-state index is 13.9. The summed E-state index contributed by atoms with van der Waals surface area (Å²) in [5.41, 5.74) is 0.786. The van der Waals surface area contributed by atoms with Gasteiger partial charge in [0.25, 0.3) is 5.91 Å². The van der Waals surface area contributed by atoms with Gasteiger partial charge in [-0.05, 0) is 57.7 Å². The third-order valence-corrected chi connectivity index (χ3v) is 5.51.